The number of Topliss-reactive ketones (excluding diaryl/α,β-unsaturated/α-hetero) is 1. The zero-order chi connectivity index (χ0) is 19.2. The number of esters is 2. The van der Waals surface area contributed by atoms with Crippen molar-refractivity contribution in [1.29, 1.82) is 0 Å². The Balaban J connectivity index is 2.47. The molecule has 8 nitrogen and oxygen atoms in total. The minimum Gasteiger partial charge on any atom is -0.422 e. The summed E-state index contributed by atoms with van der Waals surface area (Å²) in [7, 11) is 0. The van der Waals surface area contributed by atoms with Crippen LogP contribution in [0.4, 0.5) is 18.9 Å². The van der Waals surface area contributed by atoms with Crippen LogP contribution in [0.25, 0.3) is 0 Å². The molecule has 1 aliphatic heterocycles. The van der Waals surface area contributed by atoms with E-state index in [2.05, 4.69) is 0 Å². The standard InChI is InChI=1S/C14H10F3NO7/c1-13(2)24-11(20)9(12(21)25-13)10(19)7-4-3-6(14(15,16)17)5-8(7)18(22)23/h3-5,9H,1-2H3. The lowest BCUT2D eigenvalue weighted by molar-refractivity contribution is -0.385. The number of benzene rings is 1. The first-order valence-electron chi connectivity index (χ1n) is 6.69. The number of nitrogens with zero attached hydrogens (tertiary/aromatic N) is 1. The Kier molecular flexibility index (Phi) is 4.28. The average Bonchev–Trinajstić information content (AvgIpc) is 2.43. The Morgan fingerprint density at radius 1 is 1.20 bits per heavy atom. The molecule has 134 valence electrons. The second-order valence-electron chi connectivity index (χ2n) is 5.53. The van der Waals surface area contributed by atoms with E-state index in [9.17, 15) is 37.7 Å². The van der Waals surface area contributed by atoms with Gasteiger partial charge in [-0.3, -0.25) is 24.5 Å². The van der Waals surface area contributed by atoms with E-state index in [1.165, 1.54) is 13.8 Å². The summed E-state index contributed by atoms with van der Waals surface area (Å²) in [5.41, 5.74) is -3.38. The third-order valence-corrected chi connectivity index (χ3v) is 3.21. The molecule has 2 rings (SSSR count). The van der Waals surface area contributed by atoms with Gasteiger partial charge in [0.15, 0.2) is 5.78 Å². The molecule has 0 N–H and O–H groups in total. The third kappa shape index (κ3) is 3.59. The van der Waals surface area contributed by atoms with E-state index in [4.69, 9.17) is 9.47 Å². The second-order valence-corrected chi connectivity index (χ2v) is 5.53. The first-order valence-corrected chi connectivity index (χ1v) is 6.69. The van der Waals surface area contributed by atoms with Crippen molar-refractivity contribution < 1.29 is 42.0 Å². The van der Waals surface area contributed by atoms with Gasteiger partial charge in [0.25, 0.3) is 11.5 Å². The normalized spacial score (nSPS) is 17.6. The first-order chi connectivity index (χ1) is 11.3. The number of carbonyl (C=O) groups is 3. The zero-order valence-corrected chi connectivity index (χ0v) is 12.7. The zero-order valence-electron chi connectivity index (χ0n) is 12.7. The Hall–Kier alpha value is -2.98. The summed E-state index contributed by atoms with van der Waals surface area (Å²) in [6.07, 6.45) is -4.88. The number of ketones is 1. The van der Waals surface area contributed by atoms with Crippen LogP contribution in [-0.2, 0) is 25.2 Å². The number of halogens is 3. The number of alkyl halides is 3. The van der Waals surface area contributed by atoms with Crippen molar-refractivity contribution in [3.05, 3.63) is 39.4 Å². The van der Waals surface area contributed by atoms with Gasteiger partial charge < -0.3 is 9.47 Å². The highest BCUT2D eigenvalue weighted by molar-refractivity contribution is 6.22. The SMILES string of the molecule is CC1(C)OC(=O)C(C(=O)c2ccc(C(F)(F)F)cc2[N+](=O)[O-])C(=O)O1. The van der Waals surface area contributed by atoms with E-state index in [-0.39, 0.29) is 6.07 Å². The molecule has 11 heteroatoms. The fourth-order valence-electron chi connectivity index (χ4n) is 2.16. The van der Waals surface area contributed by atoms with E-state index in [1.807, 2.05) is 0 Å². The summed E-state index contributed by atoms with van der Waals surface area (Å²) < 4.78 is 47.5. The van der Waals surface area contributed by atoms with Gasteiger partial charge in [0.2, 0.25) is 5.92 Å². The Labute approximate surface area is 137 Å². The Bertz CT molecular complexity index is 765. The summed E-state index contributed by atoms with van der Waals surface area (Å²) in [5, 5.41) is 11.0. The lowest BCUT2D eigenvalue weighted by atomic mass is 9.94. The van der Waals surface area contributed by atoms with Gasteiger partial charge in [0.1, 0.15) is 0 Å². The highest BCUT2D eigenvalue weighted by Gasteiger charge is 2.49. The van der Waals surface area contributed by atoms with Gasteiger partial charge in [-0.25, -0.2) is 0 Å². The van der Waals surface area contributed by atoms with Crippen molar-refractivity contribution in [2.24, 2.45) is 5.92 Å². The van der Waals surface area contributed by atoms with Crippen LogP contribution in [0.3, 0.4) is 0 Å². The van der Waals surface area contributed by atoms with Crippen LogP contribution in [-0.4, -0.2) is 28.4 Å². The van der Waals surface area contributed by atoms with Crippen LogP contribution in [0.15, 0.2) is 18.2 Å². The second kappa shape index (κ2) is 5.83. The number of rotatable bonds is 3. The van der Waals surface area contributed by atoms with Crippen molar-refractivity contribution >= 4 is 23.4 Å². The largest absolute Gasteiger partial charge is 0.422 e. The molecule has 0 amide bonds. The monoisotopic (exact) mass is 361 g/mol. The number of nitro benzene ring substituents is 1. The van der Waals surface area contributed by atoms with Crippen LogP contribution >= 0.6 is 0 Å². The minimum absolute atomic E-state index is 0.149. The van der Waals surface area contributed by atoms with Crippen LogP contribution < -0.4 is 0 Å². The van der Waals surface area contributed by atoms with Gasteiger partial charge >= 0.3 is 18.1 Å². The molecule has 25 heavy (non-hydrogen) atoms. The average molecular weight is 361 g/mol. The van der Waals surface area contributed by atoms with Gasteiger partial charge in [-0.2, -0.15) is 13.2 Å². The van der Waals surface area contributed by atoms with Crippen molar-refractivity contribution in [1.82, 2.24) is 0 Å². The van der Waals surface area contributed by atoms with Crippen molar-refractivity contribution in [3.8, 4) is 0 Å². The molecule has 0 saturated carbocycles. The summed E-state index contributed by atoms with van der Waals surface area (Å²) in [6, 6.07) is 1.12. The molecule has 0 atom stereocenters. The summed E-state index contributed by atoms with van der Waals surface area (Å²) in [5.74, 6) is -7.77. The molecule has 0 bridgehead atoms. The van der Waals surface area contributed by atoms with Crippen LogP contribution in [0, 0.1) is 16.0 Å². The summed E-state index contributed by atoms with van der Waals surface area (Å²) >= 11 is 0. The first kappa shape index (κ1) is 18.4. The van der Waals surface area contributed by atoms with Crippen molar-refractivity contribution in [2.45, 2.75) is 25.8 Å². The number of hydrogen-bond donors (Lipinski definition) is 0. The van der Waals surface area contributed by atoms with E-state index in [0.29, 0.717) is 12.1 Å². The van der Waals surface area contributed by atoms with Crippen molar-refractivity contribution in [3.63, 3.8) is 0 Å². The topological polar surface area (TPSA) is 113 Å². The smallest absolute Gasteiger partial charge is 0.416 e. The van der Waals surface area contributed by atoms with Gasteiger partial charge in [-0.15, -0.1) is 0 Å². The van der Waals surface area contributed by atoms with Gasteiger partial charge in [0.05, 0.1) is 16.1 Å². The summed E-state index contributed by atoms with van der Waals surface area (Å²) in [4.78, 5) is 45.8. The highest BCUT2D eigenvalue weighted by Crippen LogP contribution is 2.34. The van der Waals surface area contributed by atoms with Crippen LogP contribution in [0.5, 0.6) is 0 Å². The molecular formula is C14H10F3NO7. The number of ether oxygens (including phenoxy) is 2. The Morgan fingerprint density at radius 3 is 2.16 bits per heavy atom. The van der Waals surface area contributed by atoms with E-state index in [1.54, 1.807) is 0 Å². The fraction of sp³-hybridized carbons (Fsp3) is 0.357. The molecule has 1 aromatic rings. The van der Waals surface area contributed by atoms with Crippen molar-refractivity contribution in [2.75, 3.05) is 0 Å². The molecule has 1 aromatic carbocycles. The van der Waals surface area contributed by atoms with Gasteiger partial charge in [-0.1, -0.05) is 0 Å². The molecule has 1 aliphatic rings. The molecule has 0 unspecified atom stereocenters. The summed E-state index contributed by atoms with van der Waals surface area (Å²) in [6.45, 7) is 2.45. The molecule has 0 aliphatic carbocycles. The lowest BCUT2D eigenvalue weighted by Crippen LogP contribution is -2.49. The highest BCUT2D eigenvalue weighted by atomic mass is 19.4. The van der Waals surface area contributed by atoms with Crippen LogP contribution in [0.2, 0.25) is 0 Å². The molecular weight excluding hydrogens is 351 g/mol. The Morgan fingerprint density at radius 2 is 1.72 bits per heavy atom. The maximum atomic E-state index is 12.7. The minimum atomic E-state index is -4.88. The fourth-order valence-corrected chi connectivity index (χ4v) is 2.16. The number of nitro groups is 1. The molecule has 0 spiro atoms. The molecule has 0 aromatic heterocycles. The number of carbonyl (C=O) groups excluding carboxylic acids is 3. The predicted molar refractivity (Wildman–Crippen MR) is 72.2 cm³/mol. The molecule has 1 heterocycles. The van der Waals surface area contributed by atoms with E-state index >= 15 is 0 Å². The molecule has 1 saturated heterocycles. The lowest BCUT2D eigenvalue weighted by Gasteiger charge is -2.32. The maximum absolute atomic E-state index is 12.7. The maximum Gasteiger partial charge on any atom is 0.416 e. The third-order valence-electron chi connectivity index (χ3n) is 3.21. The van der Waals surface area contributed by atoms with Crippen LogP contribution in [0.1, 0.15) is 29.8 Å². The van der Waals surface area contributed by atoms with Gasteiger partial charge in [-0.05, 0) is 12.1 Å². The van der Waals surface area contributed by atoms with Gasteiger partial charge in [0, 0.05) is 19.9 Å². The van der Waals surface area contributed by atoms with E-state index in [0.717, 1.165) is 0 Å². The predicted octanol–water partition coefficient (Wildman–Crippen LogP) is 2.25. The number of hydrogen-bond acceptors (Lipinski definition) is 7. The quantitative estimate of drug-likeness (QED) is 0.267. The molecule has 1 fully saturated rings. The number of cyclic esters (lactones) is 2. The van der Waals surface area contributed by atoms with E-state index < -0.39 is 57.3 Å². The molecule has 0 radical (unpaired) electrons.